The van der Waals surface area contributed by atoms with Gasteiger partial charge in [-0.25, -0.2) is 9.67 Å². The van der Waals surface area contributed by atoms with Gasteiger partial charge in [0.05, 0.1) is 11.4 Å². The lowest BCUT2D eigenvalue weighted by Gasteiger charge is -2.03. The highest BCUT2D eigenvalue weighted by Crippen LogP contribution is 2.36. The van der Waals surface area contributed by atoms with E-state index >= 15 is 0 Å². The summed E-state index contributed by atoms with van der Waals surface area (Å²) in [5.74, 6) is 0.159. The Balaban J connectivity index is 1.38. The number of hydrogen-bond donors (Lipinski definition) is 2. The monoisotopic (exact) mass is 433 g/mol. The topological polar surface area (TPSA) is 121 Å². The van der Waals surface area contributed by atoms with E-state index < -0.39 is 11.8 Å². The fraction of sp³-hybridized carbons (Fsp3) is 0.0476. The zero-order valence-corrected chi connectivity index (χ0v) is 16.8. The fourth-order valence-corrected chi connectivity index (χ4v) is 3.83. The fourth-order valence-electron chi connectivity index (χ4n) is 3.11. The highest BCUT2D eigenvalue weighted by atomic mass is 32.1. The van der Waals surface area contributed by atoms with Gasteiger partial charge in [0.1, 0.15) is 5.69 Å². The van der Waals surface area contributed by atoms with Crippen LogP contribution in [0.15, 0.2) is 60.0 Å². The minimum absolute atomic E-state index is 0.0532. The van der Waals surface area contributed by atoms with Crippen molar-refractivity contribution in [2.24, 2.45) is 5.73 Å². The van der Waals surface area contributed by atoms with Gasteiger partial charge in [-0.15, -0.1) is 11.3 Å². The first-order valence-electron chi connectivity index (χ1n) is 9.21. The normalized spacial score (nSPS) is 12.0. The molecule has 31 heavy (non-hydrogen) atoms. The number of nitrogens with one attached hydrogen (secondary N) is 1. The van der Waals surface area contributed by atoms with Crippen LogP contribution >= 0.6 is 11.3 Å². The van der Waals surface area contributed by atoms with Crippen LogP contribution in [0.1, 0.15) is 21.0 Å². The second-order valence-electron chi connectivity index (χ2n) is 6.59. The zero-order valence-electron chi connectivity index (χ0n) is 15.9. The van der Waals surface area contributed by atoms with Gasteiger partial charge in [0, 0.05) is 17.0 Å². The highest BCUT2D eigenvalue weighted by molar-refractivity contribution is 7.14. The molecule has 2 aromatic carbocycles. The molecular formula is C21H15N5O4S. The maximum atomic E-state index is 12.7. The molecule has 1 aliphatic rings. The largest absolute Gasteiger partial charge is 0.454 e. The number of hydrogen-bond acceptors (Lipinski definition) is 7. The first kappa shape index (κ1) is 18.8. The summed E-state index contributed by atoms with van der Waals surface area (Å²) in [4.78, 5) is 29.0. The van der Waals surface area contributed by atoms with E-state index in [4.69, 9.17) is 15.2 Å². The van der Waals surface area contributed by atoms with E-state index in [9.17, 15) is 9.59 Å². The number of carbonyl (C=O) groups excluding carboxylic acids is 2. The van der Waals surface area contributed by atoms with Crippen molar-refractivity contribution in [3.63, 3.8) is 0 Å². The Kier molecular flexibility index (Phi) is 4.60. The number of primary amides is 1. The van der Waals surface area contributed by atoms with Crippen LogP contribution in [-0.2, 0) is 0 Å². The second-order valence-corrected chi connectivity index (χ2v) is 7.44. The predicted octanol–water partition coefficient (Wildman–Crippen LogP) is 3.08. The molecule has 2 amide bonds. The molecule has 0 spiro atoms. The Hall–Kier alpha value is -4.18. The molecule has 154 valence electrons. The zero-order chi connectivity index (χ0) is 21.4. The van der Waals surface area contributed by atoms with Crippen LogP contribution < -0.4 is 20.5 Å². The average Bonchev–Trinajstić information content (AvgIpc) is 3.52. The van der Waals surface area contributed by atoms with Gasteiger partial charge in [-0.1, -0.05) is 18.2 Å². The SMILES string of the molecule is NC(=O)c1cc(C(=O)Nc2nc(-c3ccc4c(c3)OCO4)cs2)nn1-c1ccccc1. The number of amides is 2. The summed E-state index contributed by atoms with van der Waals surface area (Å²) in [6, 6.07) is 15.8. The first-order chi connectivity index (χ1) is 15.1. The molecule has 2 aromatic heterocycles. The average molecular weight is 433 g/mol. The van der Waals surface area contributed by atoms with E-state index in [1.807, 2.05) is 29.6 Å². The summed E-state index contributed by atoms with van der Waals surface area (Å²) in [5, 5.41) is 9.19. The molecule has 0 aliphatic carbocycles. The maximum Gasteiger partial charge on any atom is 0.277 e. The van der Waals surface area contributed by atoms with E-state index in [1.165, 1.54) is 22.1 Å². The van der Waals surface area contributed by atoms with E-state index in [-0.39, 0.29) is 18.2 Å². The van der Waals surface area contributed by atoms with Crippen molar-refractivity contribution in [3.8, 4) is 28.4 Å². The Morgan fingerprint density at radius 1 is 1.06 bits per heavy atom. The first-order valence-corrected chi connectivity index (χ1v) is 10.1. The van der Waals surface area contributed by atoms with Crippen molar-refractivity contribution in [2.45, 2.75) is 0 Å². The van der Waals surface area contributed by atoms with Gasteiger partial charge in [-0.2, -0.15) is 5.10 Å². The standard InChI is InChI=1S/C21H15N5O4S/c22-19(27)16-9-14(25-26(16)13-4-2-1-3-5-13)20(28)24-21-23-15(10-31-21)12-6-7-17-18(8-12)30-11-29-17/h1-10H,11H2,(H2,22,27)(H,23,24,28). The van der Waals surface area contributed by atoms with Gasteiger partial charge in [-0.05, 0) is 30.3 Å². The number of fused-ring (bicyclic) bond motifs is 1. The summed E-state index contributed by atoms with van der Waals surface area (Å²) >= 11 is 1.27. The molecule has 0 saturated carbocycles. The number of ether oxygens (including phenoxy) is 2. The van der Waals surface area contributed by atoms with Crippen LogP contribution in [0.2, 0.25) is 0 Å². The molecule has 5 rings (SSSR count). The molecule has 0 bridgehead atoms. The van der Waals surface area contributed by atoms with Gasteiger partial charge in [0.2, 0.25) is 6.79 Å². The Morgan fingerprint density at radius 2 is 1.87 bits per heavy atom. The summed E-state index contributed by atoms with van der Waals surface area (Å²) in [6.45, 7) is 0.195. The summed E-state index contributed by atoms with van der Waals surface area (Å²) in [7, 11) is 0. The van der Waals surface area contributed by atoms with E-state index in [2.05, 4.69) is 15.4 Å². The van der Waals surface area contributed by atoms with Gasteiger partial charge in [0.25, 0.3) is 11.8 Å². The Labute approximate surface area is 180 Å². The molecule has 3 N–H and O–H groups in total. The lowest BCUT2D eigenvalue weighted by atomic mass is 10.1. The molecule has 0 radical (unpaired) electrons. The molecule has 4 aromatic rings. The van der Waals surface area contributed by atoms with Crippen molar-refractivity contribution < 1.29 is 19.1 Å². The molecule has 0 unspecified atom stereocenters. The predicted molar refractivity (Wildman–Crippen MR) is 114 cm³/mol. The van der Waals surface area contributed by atoms with Crippen LogP contribution in [0.4, 0.5) is 5.13 Å². The van der Waals surface area contributed by atoms with Gasteiger partial charge < -0.3 is 15.2 Å². The Morgan fingerprint density at radius 3 is 2.68 bits per heavy atom. The van der Waals surface area contributed by atoms with Gasteiger partial charge in [-0.3, -0.25) is 14.9 Å². The van der Waals surface area contributed by atoms with E-state index in [1.54, 1.807) is 24.3 Å². The third kappa shape index (κ3) is 3.60. The van der Waals surface area contributed by atoms with Crippen LogP contribution in [0.5, 0.6) is 11.5 Å². The molecule has 10 heteroatoms. The van der Waals surface area contributed by atoms with Crippen molar-refractivity contribution in [1.29, 1.82) is 0 Å². The summed E-state index contributed by atoms with van der Waals surface area (Å²) in [5.41, 5.74) is 7.77. The van der Waals surface area contributed by atoms with Crippen molar-refractivity contribution in [1.82, 2.24) is 14.8 Å². The molecule has 9 nitrogen and oxygen atoms in total. The smallest absolute Gasteiger partial charge is 0.277 e. The quantitative estimate of drug-likeness (QED) is 0.499. The molecular weight excluding hydrogens is 418 g/mol. The van der Waals surface area contributed by atoms with Gasteiger partial charge in [0.15, 0.2) is 22.3 Å². The third-order valence-electron chi connectivity index (χ3n) is 4.59. The molecule has 1 aliphatic heterocycles. The number of thiazole rings is 1. The molecule has 3 heterocycles. The van der Waals surface area contributed by atoms with Crippen LogP contribution in [-0.4, -0.2) is 33.4 Å². The summed E-state index contributed by atoms with van der Waals surface area (Å²) in [6.07, 6.45) is 0. The minimum Gasteiger partial charge on any atom is -0.454 e. The molecule has 0 atom stereocenters. The van der Waals surface area contributed by atoms with Crippen LogP contribution in [0, 0.1) is 0 Å². The third-order valence-corrected chi connectivity index (χ3v) is 5.35. The van der Waals surface area contributed by atoms with Crippen LogP contribution in [0.25, 0.3) is 16.9 Å². The molecule has 0 saturated heterocycles. The lowest BCUT2D eigenvalue weighted by molar-refractivity contribution is 0.0991. The number of benzene rings is 2. The number of nitrogens with zero attached hydrogens (tertiary/aromatic N) is 3. The van der Waals surface area contributed by atoms with Gasteiger partial charge >= 0.3 is 0 Å². The van der Waals surface area contributed by atoms with Crippen molar-refractivity contribution in [2.75, 3.05) is 12.1 Å². The number of nitrogens with two attached hydrogens (primary N) is 1. The number of anilines is 1. The number of rotatable bonds is 5. The summed E-state index contributed by atoms with van der Waals surface area (Å²) < 4.78 is 12.1. The van der Waals surface area contributed by atoms with Crippen molar-refractivity contribution >= 4 is 28.3 Å². The number of aromatic nitrogens is 3. The number of carbonyl (C=O) groups is 2. The van der Waals surface area contributed by atoms with E-state index in [0.717, 1.165) is 5.56 Å². The maximum absolute atomic E-state index is 12.7. The number of para-hydroxylation sites is 1. The lowest BCUT2D eigenvalue weighted by Crippen LogP contribution is -2.16. The Bertz CT molecular complexity index is 1300. The minimum atomic E-state index is -0.685. The van der Waals surface area contributed by atoms with Crippen molar-refractivity contribution in [3.05, 3.63) is 71.4 Å². The second kappa shape index (κ2) is 7.58. The molecule has 0 fully saturated rings. The van der Waals surface area contributed by atoms with Crippen LogP contribution in [0.3, 0.4) is 0 Å². The van der Waals surface area contributed by atoms with E-state index in [0.29, 0.717) is 28.0 Å². The highest BCUT2D eigenvalue weighted by Gasteiger charge is 2.20.